The minimum absolute atomic E-state index is 0.111. The first kappa shape index (κ1) is 16.4. The highest BCUT2D eigenvalue weighted by molar-refractivity contribution is 7.89. The minimum atomic E-state index is -3.54. The second-order valence-corrected chi connectivity index (χ2v) is 7.59. The number of hydrogen-bond acceptors (Lipinski definition) is 5. The van der Waals surface area contributed by atoms with Crippen molar-refractivity contribution < 1.29 is 22.7 Å². The standard InChI is InChI=1S/C12H23NO5S/c1-9(11(14)18-12(2,3)4)13-19(15,16)8-10-6-5-7-17-10/h9-10,13H,5-8H2,1-4H3/t9-,10?/m0/s1. The van der Waals surface area contributed by atoms with Gasteiger partial charge in [0.1, 0.15) is 11.6 Å². The van der Waals surface area contributed by atoms with Crippen molar-refractivity contribution >= 4 is 16.0 Å². The molecule has 0 aromatic rings. The number of ether oxygens (including phenoxy) is 2. The predicted octanol–water partition coefficient (Wildman–Crippen LogP) is 0.815. The molecule has 1 unspecified atom stereocenters. The molecule has 2 atom stereocenters. The fraction of sp³-hybridized carbons (Fsp3) is 0.917. The average molecular weight is 293 g/mol. The molecule has 1 aliphatic rings. The molecule has 6 nitrogen and oxygen atoms in total. The summed E-state index contributed by atoms with van der Waals surface area (Å²) < 4.78 is 36.5. The topological polar surface area (TPSA) is 81.7 Å². The number of nitrogens with one attached hydrogen (secondary N) is 1. The molecule has 0 aromatic heterocycles. The van der Waals surface area contributed by atoms with Crippen LogP contribution in [0.3, 0.4) is 0 Å². The first-order valence-electron chi connectivity index (χ1n) is 6.43. The summed E-state index contributed by atoms with van der Waals surface area (Å²) in [6, 6.07) is -0.898. The van der Waals surface area contributed by atoms with E-state index in [1.807, 2.05) is 0 Å². The van der Waals surface area contributed by atoms with Gasteiger partial charge in [0.15, 0.2) is 0 Å². The number of hydrogen-bond donors (Lipinski definition) is 1. The average Bonchev–Trinajstić information content (AvgIpc) is 2.65. The fourth-order valence-corrected chi connectivity index (χ4v) is 3.26. The Morgan fingerprint density at radius 1 is 1.47 bits per heavy atom. The van der Waals surface area contributed by atoms with Crippen molar-refractivity contribution in [1.82, 2.24) is 4.72 Å². The van der Waals surface area contributed by atoms with Crippen molar-refractivity contribution in [2.24, 2.45) is 0 Å². The number of rotatable bonds is 5. The van der Waals surface area contributed by atoms with Crippen LogP contribution in [0.2, 0.25) is 0 Å². The Morgan fingerprint density at radius 2 is 2.11 bits per heavy atom. The van der Waals surface area contributed by atoms with E-state index in [2.05, 4.69) is 4.72 Å². The van der Waals surface area contributed by atoms with Crippen molar-refractivity contribution in [3.05, 3.63) is 0 Å². The highest BCUT2D eigenvalue weighted by atomic mass is 32.2. The molecular weight excluding hydrogens is 270 g/mol. The fourth-order valence-electron chi connectivity index (χ4n) is 1.78. The molecule has 1 fully saturated rings. The van der Waals surface area contributed by atoms with Gasteiger partial charge in [0, 0.05) is 6.61 Å². The minimum Gasteiger partial charge on any atom is -0.459 e. The maximum Gasteiger partial charge on any atom is 0.324 e. The Morgan fingerprint density at radius 3 is 2.58 bits per heavy atom. The van der Waals surface area contributed by atoms with Crippen molar-refractivity contribution in [2.75, 3.05) is 12.4 Å². The summed E-state index contributed by atoms with van der Waals surface area (Å²) in [6.45, 7) is 7.28. The molecule has 1 N–H and O–H groups in total. The summed E-state index contributed by atoms with van der Waals surface area (Å²) in [5.41, 5.74) is -0.634. The van der Waals surface area contributed by atoms with E-state index in [4.69, 9.17) is 9.47 Å². The summed E-state index contributed by atoms with van der Waals surface area (Å²) in [5, 5.41) is 0. The second kappa shape index (κ2) is 6.19. The summed E-state index contributed by atoms with van der Waals surface area (Å²) in [6.07, 6.45) is 1.34. The molecule has 1 heterocycles. The monoisotopic (exact) mass is 293 g/mol. The van der Waals surface area contributed by atoms with Crippen LogP contribution >= 0.6 is 0 Å². The van der Waals surface area contributed by atoms with Gasteiger partial charge in [-0.2, -0.15) is 0 Å². The van der Waals surface area contributed by atoms with Crippen molar-refractivity contribution in [3.8, 4) is 0 Å². The Balaban J connectivity index is 2.49. The first-order valence-corrected chi connectivity index (χ1v) is 8.09. The molecule has 19 heavy (non-hydrogen) atoms. The summed E-state index contributed by atoms with van der Waals surface area (Å²) in [7, 11) is -3.54. The van der Waals surface area contributed by atoms with Crippen LogP contribution in [0.5, 0.6) is 0 Å². The molecular formula is C12H23NO5S. The zero-order valence-electron chi connectivity index (χ0n) is 11.9. The van der Waals surface area contributed by atoms with Crippen LogP contribution in [-0.2, 0) is 24.3 Å². The third-order valence-electron chi connectivity index (χ3n) is 2.55. The van der Waals surface area contributed by atoms with Gasteiger partial charge in [-0.25, -0.2) is 13.1 Å². The van der Waals surface area contributed by atoms with Gasteiger partial charge in [0.2, 0.25) is 10.0 Å². The maximum absolute atomic E-state index is 11.9. The van der Waals surface area contributed by atoms with E-state index in [0.717, 1.165) is 12.8 Å². The molecule has 0 radical (unpaired) electrons. The van der Waals surface area contributed by atoms with Crippen LogP contribution in [0.15, 0.2) is 0 Å². The van der Waals surface area contributed by atoms with E-state index in [-0.39, 0.29) is 11.9 Å². The van der Waals surface area contributed by atoms with Crippen molar-refractivity contribution in [2.45, 2.75) is 58.3 Å². The number of sulfonamides is 1. The normalized spacial score (nSPS) is 22.2. The quantitative estimate of drug-likeness (QED) is 0.759. The molecule has 0 spiro atoms. The summed E-state index contributed by atoms with van der Waals surface area (Å²) >= 11 is 0. The Hall–Kier alpha value is -0.660. The van der Waals surface area contributed by atoms with Crippen molar-refractivity contribution in [3.63, 3.8) is 0 Å². The van der Waals surface area contributed by atoms with E-state index in [0.29, 0.717) is 6.61 Å². The smallest absolute Gasteiger partial charge is 0.324 e. The lowest BCUT2D eigenvalue weighted by Crippen LogP contribution is -2.44. The SMILES string of the molecule is C[C@H](NS(=O)(=O)CC1CCCO1)C(=O)OC(C)(C)C. The highest BCUT2D eigenvalue weighted by Crippen LogP contribution is 2.14. The van der Waals surface area contributed by atoms with E-state index in [1.165, 1.54) is 6.92 Å². The largest absolute Gasteiger partial charge is 0.459 e. The zero-order chi connectivity index (χ0) is 14.7. The summed E-state index contributed by atoms with van der Waals surface area (Å²) in [5.74, 6) is -0.691. The molecule has 0 aromatic carbocycles. The molecule has 0 aliphatic carbocycles. The molecule has 112 valence electrons. The number of carbonyl (C=O) groups is 1. The maximum atomic E-state index is 11.9. The third-order valence-corrected chi connectivity index (χ3v) is 4.07. The third kappa shape index (κ3) is 6.35. The van der Waals surface area contributed by atoms with Crippen molar-refractivity contribution in [1.29, 1.82) is 0 Å². The lowest BCUT2D eigenvalue weighted by molar-refractivity contribution is -0.156. The van der Waals surface area contributed by atoms with Gasteiger partial charge in [-0.1, -0.05) is 0 Å². The highest BCUT2D eigenvalue weighted by Gasteiger charge is 2.28. The first-order chi connectivity index (χ1) is 8.59. The number of carbonyl (C=O) groups excluding carboxylic acids is 1. The van der Waals surface area contributed by atoms with Gasteiger partial charge in [-0.05, 0) is 40.5 Å². The lowest BCUT2D eigenvalue weighted by atomic mass is 10.2. The van der Waals surface area contributed by atoms with E-state index in [1.54, 1.807) is 20.8 Å². The van der Waals surface area contributed by atoms with E-state index in [9.17, 15) is 13.2 Å². The van der Waals surface area contributed by atoms with Crippen LogP contribution in [0, 0.1) is 0 Å². The second-order valence-electron chi connectivity index (χ2n) is 5.79. The van der Waals surface area contributed by atoms with Crippen LogP contribution in [0.1, 0.15) is 40.5 Å². The van der Waals surface area contributed by atoms with E-state index >= 15 is 0 Å². The Kier molecular flexibility index (Phi) is 5.34. The molecule has 0 bridgehead atoms. The molecule has 0 amide bonds. The Labute approximate surface area is 114 Å². The van der Waals surface area contributed by atoms with Gasteiger partial charge in [-0.3, -0.25) is 4.79 Å². The number of esters is 1. The molecule has 1 rings (SSSR count). The predicted molar refractivity (Wildman–Crippen MR) is 71.2 cm³/mol. The van der Waals surface area contributed by atoms with Crippen LogP contribution in [-0.4, -0.2) is 44.5 Å². The Bertz CT molecular complexity index is 406. The molecule has 7 heteroatoms. The van der Waals surface area contributed by atoms with Crippen LogP contribution < -0.4 is 4.72 Å². The van der Waals surface area contributed by atoms with Gasteiger partial charge in [-0.15, -0.1) is 0 Å². The zero-order valence-corrected chi connectivity index (χ0v) is 12.7. The van der Waals surface area contributed by atoms with E-state index < -0.39 is 27.6 Å². The summed E-state index contributed by atoms with van der Waals surface area (Å²) in [4.78, 5) is 11.7. The molecule has 1 saturated heterocycles. The van der Waals surface area contributed by atoms with Gasteiger partial charge in [0.05, 0.1) is 11.9 Å². The van der Waals surface area contributed by atoms with Crippen LogP contribution in [0.4, 0.5) is 0 Å². The lowest BCUT2D eigenvalue weighted by Gasteiger charge is -2.23. The molecule has 0 saturated carbocycles. The van der Waals surface area contributed by atoms with Crippen LogP contribution in [0.25, 0.3) is 0 Å². The van der Waals surface area contributed by atoms with Gasteiger partial charge in [0.25, 0.3) is 0 Å². The van der Waals surface area contributed by atoms with Gasteiger partial charge >= 0.3 is 5.97 Å². The van der Waals surface area contributed by atoms with Gasteiger partial charge < -0.3 is 9.47 Å². The molecule has 1 aliphatic heterocycles.